The molecule has 0 saturated carbocycles. The number of anilines is 1. The van der Waals surface area contributed by atoms with Crippen molar-refractivity contribution in [1.82, 2.24) is 0 Å². The molecule has 2 rings (SSSR count). The second kappa shape index (κ2) is 6.28. The number of carbonyl (C=O) groups is 2. The standard InChI is InChI=1S/C13H17NO5S.C2H6/c1-7-5-10-9(6-8(7)11(15)19-4)14-12(16)13(2,3)20(10,17)18;1-2/h5-6,17-18H,1-4H3,(H,14,16);1-2H3. The molecule has 1 aliphatic heterocycles. The van der Waals surface area contributed by atoms with E-state index in [0.29, 0.717) is 5.56 Å². The van der Waals surface area contributed by atoms with Gasteiger partial charge >= 0.3 is 5.97 Å². The van der Waals surface area contributed by atoms with E-state index in [9.17, 15) is 18.7 Å². The van der Waals surface area contributed by atoms with E-state index in [2.05, 4.69) is 10.1 Å². The number of methoxy groups -OCH3 is 1. The largest absolute Gasteiger partial charge is 0.465 e. The Balaban J connectivity index is 0.00000116. The molecule has 0 fully saturated rings. The first-order chi connectivity index (χ1) is 10.1. The zero-order chi connectivity index (χ0) is 17.3. The Morgan fingerprint density at radius 1 is 1.27 bits per heavy atom. The van der Waals surface area contributed by atoms with Crippen molar-refractivity contribution in [2.45, 2.75) is 44.3 Å². The molecule has 0 aliphatic carbocycles. The van der Waals surface area contributed by atoms with Crippen molar-refractivity contribution >= 4 is 28.2 Å². The third-order valence-electron chi connectivity index (χ3n) is 3.55. The van der Waals surface area contributed by atoms with Crippen LogP contribution in [0.3, 0.4) is 0 Å². The van der Waals surface area contributed by atoms with Crippen molar-refractivity contribution in [2.24, 2.45) is 0 Å². The van der Waals surface area contributed by atoms with E-state index in [0.717, 1.165) is 0 Å². The highest BCUT2D eigenvalue weighted by atomic mass is 32.3. The number of hydrogen-bond donors (Lipinski definition) is 3. The van der Waals surface area contributed by atoms with Gasteiger partial charge in [-0.2, -0.15) is 10.6 Å². The van der Waals surface area contributed by atoms with Crippen LogP contribution >= 0.6 is 10.6 Å². The van der Waals surface area contributed by atoms with Crippen LogP contribution in [0.4, 0.5) is 5.69 Å². The summed E-state index contributed by atoms with van der Waals surface area (Å²) in [5.74, 6) is -1.04. The highest BCUT2D eigenvalue weighted by Crippen LogP contribution is 2.63. The molecule has 1 heterocycles. The molecular formula is C15H23NO5S. The highest BCUT2D eigenvalue weighted by molar-refractivity contribution is 8.26. The molecule has 1 aromatic carbocycles. The number of nitrogens with one attached hydrogen (secondary N) is 1. The molecular weight excluding hydrogens is 306 g/mol. The van der Waals surface area contributed by atoms with Gasteiger partial charge in [0.1, 0.15) is 4.75 Å². The van der Waals surface area contributed by atoms with Crippen molar-refractivity contribution in [3.8, 4) is 0 Å². The van der Waals surface area contributed by atoms with Crippen molar-refractivity contribution in [3.05, 3.63) is 23.3 Å². The summed E-state index contributed by atoms with van der Waals surface area (Å²) >= 11 is 0. The van der Waals surface area contributed by atoms with E-state index < -0.39 is 27.2 Å². The molecule has 3 N–H and O–H groups in total. The van der Waals surface area contributed by atoms with Gasteiger partial charge in [0, 0.05) is 0 Å². The lowest BCUT2D eigenvalue weighted by Crippen LogP contribution is -2.45. The molecule has 1 aliphatic rings. The Kier molecular flexibility index (Phi) is 5.27. The van der Waals surface area contributed by atoms with Crippen LogP contribution in [0.15, 0.2) is 17.0 Å². The Bertz CT molecular complexity index is 610. The molecule has 1 amide bonds. The zero-order valence-electron chi connectivity index (χ0n) is 13.7. The Morgan fingerprint density at radius 2 is 1.82 bits per heavy atom. The lowest BCUT2D eigenvalue weighted by atomic mass is 10.1. The van der Waals surface area contributed by atoms with E-state index in [1.807, 2.05) is 13.8 Å². The Hall–Kier alpha value is -1.57. The van der Waals surface area contributed by atoms with Gasteiger partial charge in [0.15, 0.2) is 0 Å². The number of esters is 1. The summed E-state index contributed by atoms with van der Waals surface area (Å²) in [6, 6.07) is 2.93. The van der Waals surface area contributed by atoms with Gasteiger partial charge < -0.3 is 10.1 Å². The fraction of sp³-hybridized carbons (Fsp3) is 0.467. The molecule has 0 atom stereocenters. The SMILES string of the molecule is CC.COC(=O)c1cc2c(cc1C)S(O)(O)C(C)(C)C(=O)N2. The van der Waals surface area contributed by atoms with Gasteiger partial charge in [0.05, 0.1) is 23.3 Å². The second-order valence-corrected chi connectivity index (χ2v) is 7.73. The van der Waals surface area contributed by atoms with Crippen molar-refractivity contribution in [2.75, 3.05) is 12.4 Å². The van der Waals surface area contributed by atoms with Crippen LogP contribution < -0.4 is 5.32 Å². The molecule has 6 nitrogen and oxygen atoms in total. The average molecular weight is 329 g/mol. The smallest absolute Gasteiger partial charge is 0.338 e. The topological polar surface area (TPSA) is 95.9 Å². The number of fused-ring (bicyclic) bond motifs is 1. The summed E-state index contributed by atoms with van der Waals surface area (Å²) < 4.78 is 24.1. The first-order valence-corrected chi connectivity index (χ1v) is 8.50. The molecule has 0 unspecified atom stereocenters. The number of ether oxygens (including phenoxy) is 1. The summed E-state index contributed by atoms with van der Waals surface area (Å²) in [6.07, 6.45) is 0. The number of hydrogen-bond acceptors (Lipinski definition) is 5. The van der Waals surface area contributed by atoms with E-state index >= 15 is 0 Å². The maximum absolute atomic E-state index is 12.0. The maximum Gasteiger partial charge on any atom is 0.338 e. The summed E-state index contributed by atoms with van der Waals surface area (Å²) in [4.78, 5) is 23.9. The molecule has 0 bridgehead atoms. The molecule has 7 heteroatoms. The first kappa shape index (κ1) is 18.5. The van der Waals surface area contributed by atoms with Crippen LogP contribution in [0.2, 0.25) is 0 Å². The van der Waals surface area contributed by atoms with Crippen LogP contribution in [0, 0.1) is 6.92 Å². The Labute approximate surface area is 132 Å². The van der Waals surface area contributed by atoms with Gasteiger partial charge in [0.25, 0.3) is 0 Å². The summed E-state index contributed by atoms with van der Waals surface area (Å²) in [5.41, 5.74) is 1.07. The molecule has 0 spiro atoms. The second-order valence-electron chi connectivity index (χ2n) is 5.17. The number of rotatable bonds is 1. The van der Waals surface area contributed by atoms with Gasteiger partial charge in [0.2, 0.25) is 5.91 Å². The quantitative estimate of drug-likeness (QED) is 0.684. The predicted octanol–water partition coefficient (Wildman–Crippen LogP) is 3.65. The van der Waals surface area contributed by atoms with Crippen LogP contribution in [0.1, 0.15) is 43.6 Å². The minimum absolute atomic E-state index is 0.236. The monoisotopic (exact) mass is 329 g/mol. The van der Waals surface area contributed by atoms with Crippen LogP contribution in [-0.2, 0) is 9.53 Å². The molecule has 124 valence electrons. The van der Waals surface area contributed by atoms with Gasteiger partial charge in [-0.15, -0.1) is 0 Å². The van der Waals surface area contributed by atoms with Crippen LogP contribution in [0.5, 0.6) is 0 Å². The zero-order valence-corrected chi connectivity index (χ0v) is 14.5. The highest BCUT2D eigenvalue weighted by Gasteiger charge is 2.47. The first-order valence-electron chi connectivity index (χ1n) is 6.95. The molecule has 0 saturated heterocycles. The molecule has 1 aromatic rings. The molecule has 22 heavy (non-hydrogen) atoms. The van der Waals surface area contributed by atoms with Crippen molar-refractivity contribution in [3.63, 3.8) is 0 Å². The van der Waals surface area contributed by atoms with Gasteiger partial charge in [-0.1, -0.05) is 13.8 Å². The van der Waals surface area contributed by atoms with E-state index in [1.165, 1.54) is 33.1 Å². The van der Waals surface area contributed by atoms with Gasteiger partial charge in [-0.05, 0) is 38.5 Å². The molecule has 0 radical (unpaired) electrons. The average Bonchev–Trinajstić information content (AvgIpc) is 2.48. The summed E-state index contributed by atoms with van der Waals surface area (Å²) in [6.45, 7) is 8.62. The van der Waals surface area contributed by atoms with Crippen molar-refractivity contribution in [1.29, 1.82) is 0 Å². The third-order valence-corrected chi connectivity index (χ3v) is 6.10. The molecule has 0 aromatic heterocycles. The number of carbonyl (C=O) groups excluding carboxylic acids is 2. The van der Waals surface area contributed by atoms with E-state index in [-0.39, 0.29) is 16.1 Å². The van der Waals surface area contributed by atoms with E-state index in [1.54, 1.807) is 6.92 Å². The fourth-order valence-corrected chi connectivity index (χ4v) is 3.64. The summed E-state index contributed by atoms with van der Waals surface area (Å²) in [5, 5.41) is 2.61. The minimum atomic E-state index is -3.31. The Morgan fingerprint density at radius 3 is 2.32 bits per heavy atom. The van der Waals surface area contributed by atoms with E-state index in [4.69, 9.17) is 0 Å². The van der Waals surface area contributed by atoms with Crippen molar-refractivity contribution < 1.29 is 23.4 Å². The van der Waals surface area contributed by atoms with Gasteiger partial charge in [-0.25, -0.2) is 4.79 Å². The number of amides is 1. The van der Waals surface area contributed by atoms with Gasteiger partial charge in [-0.3, -0.25) is 13.9 Å². The number of aryl methyl sites for hydroxylation is 1. The third kappa shape index (κ3) is 2.71. The van der Waals surface area contributed by atoms with Crippen LogP contribution in [0.25, 0.3) is 0 Å². The maximum atomic E-state index is 12.0. The fourth-order valence-electron chi connectivity index (χ4n) is 2.02. The lowest BCUT2D eigenvalue weighted by Gasteiger charge is -2.49. The lowest BCUT2D eigenvalue weighted by molar-refractivity contribution is -0.118. The predicted molar refractivity (Wildman–Crippen MR) is 87.7 cm³/mol. The van der Waals surface area contributed by atoms with Crippen LogP contribution in [-0.4, -0.2) is 32.8 Å². The number of benzene rings is 1. The summed E-state index contributed by atoms with van der Waals surface area (Å²) in [7, 11) is -2.04. The normalized spacial score (nSPS) is 19.0. The minimum Gasteiger partial charge on any atom is -0.465 e.